The highest BCUT2D eigenvalue weighted by Gasteiger charge is 2.32. The molecule has 1 heterocycles. The quantitative estimate of drug-likeness (QED) is 0.899. The zero-order valence-corrected chi connectivity index (χ0v) is 13.0. The van der Waals surface area contributed by atoms with Gasteiger partial charge in [-0.25, -0.2) is 0 Å². The first kappa shape index (κ1) is 15.6. The summed E-state index contributed by atoms with van der Waals surface area (Å²) in [6.45, 7) is 7.16. The second-order valence-electron chi connectivity index (χ2n) is 5.61. The number of ether oxygens (including phenoxy) is 2. The molecule has 1 amide bonds. The summed E-state index contributed by atoms with van der Waals surface area (Å²) in [5.41, 5.74) is 5.22. The summed E-state index contributed by atoms with van der Waals surface area (Å²) in [4.78, 5) is 14.2. The zero-order valence-electron chi connectivity index (χ0n) is 13.0. The molecular formula is C16H24N2O3. The molecule has 0 fully saturated rings. The Morgan fingerprint density at radius 1 is 1.38 bits per heavy atom. The van der Waals surface area contributed by atoms with Crippen molar-refractivity contribution in [2.24, 2.45) is 5.73 Å². The Hall–Kier alpha value is -1.75. The van der Waals surface area contributed by atoms with Crippen LogP contribution in [0.2, 0.25) is 0 Å². The minimum absolute atomic E-state index is 0.0463. The molecule has 2 rings (SSSR count). The van der Waals surface area contributed by atoms with Crippen molar-refractivity contribution in [2.75, 3.05) is 19.7 Å². The molecule has 2 atom stereocenters. The van der Waals surface area contributed by atoms with Gasteiger partial charge >= 0.3 is 0 Å². The average molecular weight is 292 g/mol. The lowest BCUT2D eigenvalue weighted by molar-refractivity contribution is -0.137. The van der Waals surface area contributed by atoms with E-state index < -0.39 is 5.54 Å². The average Bonchev–Trinajstić information content (AvgIpc) is 2.51. The number of rotatable bonds is 5. The molecule has 1 aliphatic heterocycles. The highest BCUT2D eigenvalue weighted by Crippen LogP contribution is 2.31. The Morgan fingerprint density at radius 3 is 2.67 bits per heavy atom. The summed E-state index contributed by atoms with van der Waals surface area (Å²) in [5, 5.41) is 0. The number of hydrogen-bond acceptors (Lipinski definition) is 4. The molecule has 21 heavy (non-hydrogen) atoms. The lowest BCUT2D eigenvalue weighted by atomic mass is 9.98. The molecule has 0 aromatic heterocycles. The maximum atomic E-state index is 12.5. The van der Waals surface area contributed by atoms with Gasteiger partial charge in [0.15, 0.2) is 17.6 Å². The van der Waals surface area contributed by atoms with Gasteiger partial charge in [0, 0.05) is 6.54 Å². The Balaban J connectivity index is 2.02. The normalized spacial score (nSPS) is 19.7. The number of carbonyl (C=O) groups excluding carboxylic acids is 1. The number of nitrogens with zero attached hydrogens (tertiary/aromatic N) is 1. The molecule has 1 aliphatic rings. The third kappa shape index (κ3) is 3.47. The minimum atomic E-state index is -0.830. The molecule has 5 nitrogen and oxygen atoms in total. The van der Waals surface area contributed by atoms with Gasteiger partial charge in [0.05, 0.1) is 12.1 Å². The van der Waals surface area contributed by atoms with Crippen LogP contribution in [0.4, 0.5) is 0 Å². The van der Waals surface area contributed by atoms with Gasteiger partial charge in [-0.2, -0.15) is 0 Å². The second-order valence-corrected chi connectivity index (χ2v) is 5.61. The summed E-state index contributed by atoms with van der Waals surface area (Å²) in [6, 6.07) is 7.56. The van der Waals surface area contributed by atoms with Gasteiger partial charge < -0.3 is 20.1 Å². The van der Waals surface area contributed by atoms with Crippen molar-refractivity contribution < 1.29 is 14.3 Å². The molecule has 0 saturated carbocycles. The number of likely N-dealkylation sites (N-methyl/N-ethyl adjacent to an activating group) is 1. The van der Waals surface area contributed by atoms with Crippen LogP contribution in [0.3, 0.4) is 0 Å². The SMILES string of the molecule is CCN(CC1COc2ccccc2O1)C(=O)C(C)(N)CC. The Labute approximate surface area is 126 Å². The smallest absolute Gasteiger partial charge is 0.242 e. The number of carbonyl (C=O) groups is 1. The van der Waals surface area contributed by atoms with Crippen LogP contribution >= 0.6 is 0 Å². The molecule has 1 aromatic rings. The van der Waals surface area contributed by atoms with Crippen molar-refractivity contribution in [1.29, 1.82) is 0 Å². The molecule has 0 aliphatic carbocycles. The van der Waals surface area contributed by atoms with Crippen molar-refractivity contribution in [3.8, 4) is 11.5 Å². The van der Waals surface area contributed by atoms with Crippen molar-refractivity contribution in [3.05, 3.63) is 24.3 Å². The zero-order chi connectivity index (χ0) is 15.5. The molecule has 5 heteroatoms. The second kappa shape index (κ2) is 6.35. The van der Waals surface area contributed by atoms with E-state index in [1.165, 1.54) is 0 Å². The summed E-state index contributed by atoms with van der Waals surface area (Å²) in [7, 11) is 0. The van der Waals surface area contributed by atoms with Crippen LogP contribution in [-0.2, 0) is 4.79 Å². The first-order chi connectivity index (χ1) is 9.97. The third-order valence-electron chi connectivity index (χ3n) is 3.88. The molecule has 2 N–H and O–H groups in total. The van der Waals surface area contributed by atoms with Crippen LogP contribution in [0.15, 0.2) is 24.3 Å². The summed E-state index contributed by atoms with van der Waals surface area (Å²) in [6.07, 6.45) is 0.434. The fourth-order valence-electron chi connectivity index (χ4n) is 2.27. The fraction of sp³-hybridized carbons (Fsp3) is 0.562. The van der Waals surface area contributed by atoms with E-state index in [9.17, 15) is 4.79 Å². The number of fused-ring (bicyclic) bond motifs is 1. The van der Waals surface area contributed by atoms with E-state index in [4.69, 9.17) is 15.2 Å². The number of hydrogen-bond donors (Lipinski definition) is 1. The molecule has 0 saturated heterocycles. The van der Waals surface area contributed by atoms with Gasteiger partial charge in [-0.1, -0.05) is 19.1 Å². The predicted octanol–water partition coefficient (Wildman–Crippen LogP) is 1.80. The van der Waals surface area contributed by atoms with Gasteiger partial charge in [-0.15, -0.1) is 0 Å². The molecule has 0 radical (unpaired) electrons. The lowest BCUT2D eigenvalue weighted by Crippen LogP contribution is -2.55. The van der Waals surface area contributed by atoms with Crippen LogP contribution in [0, 0.1) is 0 Å². The van der Waals surface area contributed by atoms with Crippen molar-refractivity contribution >= 4 is 5.91 Å². The number of para-hydroxylation sites is 2. The fourth-order valence-corrected chi connectivity index (χ4v) is 2.27. The van der Waals surface area contributed by atoms with E-state index in [0.29, 0.717) is 26.1 Å². The van der Waals surface area contributed by atoms with Crippen LogP contribution in [0.5, 0.6) is 11.5 Å². The maximum absolute atomic E-state index is 12.5. The maximum Gasteiger partial charge on any atom is 0.242 e. The highest BCUT2D eigenvalue weighted by atomic mass is 16.6. The largest absolute Gasteiger partial charge is 0.486 e. The minimum Gasteiger partial charge on any atom is -0.486 e. The van der Waals surface area contributed by atoms with E-state index in [-0.39, 0.29) is 12.0 Å². The van der Waals surface area contributed by atoms with E-state index >= 15 is 0 Å². The predicted molar refractivity (Wildman–Crippen MR) is 81.5 cm³/mol. The molecule has 0 spiro atoms. The van der Waals surface area contributed by atoms with Crippen LogP contribution in [0.25, 0.3) is 0 Å². The van der Waals surface area contributed by atoms with Gasteiger partial charge in [0.1, 0.15) is 6.61 Å². The van der Waals surface area contributed by atoms with Gasteiger partial charge in [-0.05, 0) is 32.4 Å². The standard InChI is InChI=1S/C16H24N2O3/c1-4-16(3,17)15(19)18(5-2)10-12-11-20-13-8-6-7-9-14(13)21-12/h6-9,12H,4-5,10-11,17H2,1-3H3. The van der Waals surface area contributed by atoms with Gasteiger partial charge in [-0.3, -0.25) is 4.79 Å². The van der Waals surface area contributed by atoms with Crippen molar-refractivity contribution in [1.82, 2.24) is 4.90 Å². The first-order valence-electron chi connectivity index (χ1n) is 7.44. The molecule has 2 unspecified atom stereocenters. The van der Waals surface area contributed by atoms with E-state index in [2.05, 4.69) is 0 Å². The van der Waals surface area contributed by atoms with Crippen LogP contribution in [0.1, 0.15) is 27.2 Å². The number of amides is 1. The molecular weight excluding hydrogens is 268 g/mol. The summed E-state index contributed by atoms with van der Waals surface area (Å²) in [5.74, 6) is 1.43. The molecule has 116 valence electrons. The molecule has 1 aromatic carbocycles. The Morgan fingerprint density at radius 2 is 2.05 bits per heavy atom. The van der Waals surface area contributed by atoms with E-state index in [1.807, 2.05) is 38.1 Å². The van der Waals surface area contributed by atoms with E-state index in [0.717, 1.165) is 11.5 Å². The summed E-state index contributed by atoms with van der Waals surface area (Å²) < 4.78 is 11.6. The van der Waals surface area contributed by atoms with Gasteiger partial charge in [0.2, 0.25) is 5.91 Å². The van der Waals surface area contributed by atoms with Gasteiger partial charge in [0.25, 0.3) is 0 Å². The van der Waals surface area contributed by atoms with Crippen LogP contribution < -0.4 is 15.2 Å². The topological polar surface area (TPSA) is 64.8 Å². The number of benzene rings is 1. The monoisotopic (exact) mass is 292 g/mol. The number of nitrogens with two attached hydrogens (primary N) is 1. The van der Waals surface area contributed by atoms with E-state index in [1.54, 1.807) is 11.8 Å². The summed E-state index contributed by atoms with van der Waals surface area (Å²) >= 11 is 0. The lowest BCUT2D eigenvalue weighted by Gasteiger charge is -2.34. The highest BCUT2D eigenvalue weighted by molar-refractivity contribution is 5.85. The Bertz CT molecular complexity index is 502. The third-order valence-corrected chi connectivity index (χ3v) is 3.88. The first-order valence-corrected chi connectivity index (χ1v) is 7.44. The molecule has 0 bridgehead atoms. The Kier molecular flexibility index (Phi) is 4.73. The van der Waals surface area contributed by atoms with Crippen molar-refractivity contribution in [3.63, 3.8) is 0 Å². The van der Waals surface area contributed by atoms with Crippen molar-refractivity contribution in [2.45, 2.75) is 38.8 Å². The van der Waals surface area contributed by atoms with Crippen LogP contribution in [-0.4, -0.2) is 42.1 Å².